The van der Waals surface area contributed by atoms with Crippen molar-refractivity contribution in [3.05, 3.63) is 47.5 Å². The number of hydrogen-bond acceptors (Lipinski definition) is 2. The Balaban J connectivity index is 2.49. The normalized spacial score (nSPS) is 10.3. The van der Waals surface area contributed by atoms with Gasteiger partial charge < -0.3 is 0 Å². The van der Waals surface area contributed by atoms with Crippen molar-refractivity contribution >= 4 is 11.6 Å². The van der Waals surface area contributed by atoms with Crippen LogP contribution in [0.2, 0.25) is 5.15 Å². The Bertz CT molecular complexity index is 469. The maximum Gasteiger partial charge on any atom is 0.140 e. The molecule has 0 unspecified atom stereocenters. The van der Waals surface area contributed by atoms with Gasteiger partial charge in [-0.05, 0) is 17.5 Å². The lowest BCUT2D eigenvalue weighted by Crippen LogP contribution is -1.87. The third-order valence-electron chi connectivity index (χ3n) is 2.31. The van der Waals surface area contributed by atoms with Crippen LogP contribution in [-0.2, 0) is 6.42 Å². The second kappa shape index (κ2) is 4.41. The third kappa shape index (κ3) is 2.16. The predicted molar refractivity (Wildman–Crippen MR) is 61.9 cm³/mol. The van der Waals surface area contributed by atoms with Crippen molar-refractivity contribution in [1.29, 1.82) is 0 Å². The van der Waals surface area contributed by atoms with Gasteiger partial charge in [-0.3, -0.25) is 0 Å². The lowest BCUT2D eigenvalue weighted by molar-refractivity contribution is 1.14. The van der Waals surface area contributed by atoms with Gasteiger partial charge in [-0.15, -0.1) is 0 Å². The van der Waals surface area contributed by atoms with Crippen LogP contribution in [0.25, 0.3) is 11.1 Å². The molecule has 1 heterocycles. The molecule has 0 aliphatic rings. The highest BCUT2D eigenvalue weighted by molar-refractivity contribution is 6.32. The first-order valence-corrected chi connectivity index (χ1v) is 5.24. The van der Waals surface area contributed by atoms with Crippen molar-refractivity contribution in [3.8, 4) is 11.1 Å². The van der Waals surface area contributed by atoms with E-state index in [2.05, 4.69) is 29.0 Å². The molecule has 0 fully saturated rings. The summed E-state index contributed by atoms with van der Waals surface area (Å²) in [4.78, 5) is 7.95. The van der Waals surface area contributed by atoms with Gasteiger partial charge in [0.1, 0.15) is 11.5 Å². The van der Waals surface area contributed by atoms with Crippen LogP contribution >= 0.6 is 11.6 Å². The Morgan fingerprint density at radius 2 is 2.20 bits per heavy atom. The smallest absolute Gasteiger partial charge is 0.140 e. The molecule has 0 aliphatic carbocycles. The maximum atomic E-state index is 6.00. The third-order valence-corrected chi connectivity index (χ3v) is 2.61. The number of rotatable bonds is 2. The van der Waals surface area contributed by atoms with Gasteiger partial charge in [0.05, 0.1) is 0 Å². The topological polar surface area (TPSA) is 25.8 Å². The van der Waals surface area contributed by atoms with Gasteiger partial charge in [0.15, 0.2) is 0 Å². The number of nitrogens with zero attached hydrogens (tertiary/aromatic N) is 2. The number of hydrogen-bond donors (Lipinski definition) is 0. The van der Waals surface area contributed by atoms with E-state index in [1.807, 2.05) is 12.1 Å². The van der Waals surface area contributed by atoms with Crippen molar-refractivity contribution in [2.24, 2.45) is 0 Å². The van der Waals surface area contributed by atoms with Crippen molar-refractivity contribution in [2.45, 2.75) is 13.3 Å². The Morgan fingerprint density at radius 3 is 2.93 bits per heavy atom. The van der Waals surface area contributed by atoms with Crippen molar-refractivity contribution < 1.29 is 0 Å². The van der Waals surface area contributed by atoms with Gasteiger partial charge in [0, 0.05) is 11.8 Å². The van der Waals surface area contributed by atoms with E-state index in [9.17, 15) is 0 Å². The molecular weight excluding hydrogens is 208 g/mol. The summed E-state index contributed by atoms with van der Waals surface area (Å²) in [6.07, 6.45) is 4.21. The van der Waals surface area contributed by atoms with E-state index >= 15 is 0 Å². The Kier molecular flexibility index (Phi) is 2.97. The highest BCUT2D eigenvalue weighted by Gasteiger charge is 2.04. The zero-order valence-electron chi connectivity index (χ0n) is 8.44. The van der Waals surface area contributed by atoms with Gasteiger partial charge in [0.25, 0.3) is 0 Å². The zero-order valence-corrected chi connectivity index (χ0v) is 9.20. The van der Waals surface area contributed by atoms with Crippen LogP contribution in [0.1, 0.15) is 12.5 Å². The average molecular weight is 219 g/mol. The summed E-state index contributed by atoms with van der Waals surface area (Å²) >= 11 is 6.00. The standard InChI is InChI=1S/C12H11ClN2/c1-2-9-4-3-5-10(6-9)11-7-14-8-15-12(11)13/h3-8H,2H2,1H3. The van der Waals surface area contributed by atoms with Crippen LogP contribution in [0.3, 0.4) is 0 Å². The monoisotopic (exact) mass is 218 g/mol. The highest BCUT2D eigenvalue weighted by atomic mass is 35.5. The Morgan fingerprint density at radius 1 is 1.33 bits per heavy atom. The van der Waals surface area contributed by atoms with E-state index in [0.717, 1.165) is 17.5 Å². The molecule has 0 aliphatic heterocycles. The number of aromatic nitrogens is 2. The largest absolute Gasteiger partial charge is 0.244 e. The number of benzene rings is 1. The number of halogens is 1. The molecular formula is C12H11ClN2. The SMILES string of the molecule is CCc1cccc(-c2cncnc2Cl)c1. The summed E-state index contributed by atoms with van der Waals surface area (Å²) in [5, 5.41) is 0.498. The molecule has 2 rings (SSSR count). The van der Waals surface area contributed by atoms with Crippen molar-refractivity contribution in [1.82, 2.24) is 9.97 Å². The highest BCUT2D eigenvalue weighted by Crippen LogP contribution is 2.25. The van der Waals surface area contributed by atoms with Crippen molar-refractivity contribution in [3.63, 3.8) is 0 Å². The summed E-state index contributed by atoms with van der Waals surface area (Å²) in [6.45, 7) is 2.13. The van der Waals surface area contributed by atoms with Gasteiger partial charge in [0.2, 0.25) is 0 Å². The predicted octanol–water partition coefficient (Wildman–Crippen LogP) is 3.36. The van der Waals surface area contributed by atoms with E-state index in [1.54, 1.807) is 6.20 Å². The second-order valence-corrected chi connectivity index (χ2v) is 3.64. The quantitative estimate of drug-likeness (QED) is 0.723. The molecule has 1 aromatic carbocycles. The molecule has 0 amide bonds. The van der Waals surface area contributed by atoms with Crippen molar-refractivity contribution in [2.75, 3.05) is 0 Å². The Labute approximate surface area is 94.0 Å². The zero-order chi connectivity index (χ0) is 10.7. The van der Waals surface area contributed by atoms with Crippen LogP contribution < -0.4 is 0 Å². The maximum absolute atomic E-state index is 6.00. The minimum Gasteiger partial charge on any atom is -0.244 e. The molecule has 0 radical (unpaired) electrons. The fourth-order valence-corrected chi connectivity index (χ4v) is 1.67. The lowest BCUT2D eigenvalue weighted by atomic mass is 10.0. The summed E-state index contributed by atoms with van der Waals surface area (Å²) in [5.41, 5.74) is 3.24. The molecule has 0 spiro atoms. The van der Waals surface area contributed by atoms with Crippen LogP contribution in [0.5, 0.6) is 0 Å². The molecule has 0 atom stereocenters. The molecule has 0 saturated carbocycles. The number of aryl methyl sites for hydroxylation is 1. The molecule has 0 N–H and O–H groups in total. The van der Waals surface area contributed by atoms with Crippen LogP contribution in [0.15, 0.2) is 36.8 Å². The minimum absolute atomic E-state index is 0.498. The average Bonchev–Trinajstić information content (AvgIpc) is 2.30. The first-order valence-electron chi connectivity index (χ1n) is 4.86. The van der Waals surface area contributed by atoms with Crippen LogP contribution in [-0.4, -0.2) is 9.97 Å². The molecule has 1 aromatic heterocycles. The molecule has 2 nitrogen and oxygen atoms in total. The van der Waals surface area contributed by atoms with Crippen LogP contribution in [0.4, 0.5) is 0 Å². The first-order chi connectivity index (χ1) is 7.31. The molecule has 0 saturated heterocycles. The minimum atomic E-state index is 0.498. The second-order valence-electron chi connectivity index (χ2n) is 3.28. The van der Waals surface area contributed by atoms with Gasteiger partial charge in [-0.25, -0.2) is 9.97 Å². The van der Waals surface area contributed by atoms with E-state index in [0.29, 0.717) is 5.15 Å². The van der Waals surface area contributed by atoms with E-state index < -0.39 is 0 Å². The van der Waals surface area contributed by atoms with Gasteiger partial charge in [-0.1, -0.05) is 42.8 Å². The fourth-order valence-electron chi connectivity index (χ4n) is 1.47. The molecule has 76 valence electrons. The van der Waals surface area contributed by atoms with E-state index in [-0.39, 0.29) is 0 Å². The van der Waals surface area contributed by atoms with Crippen LogP contribution in [0, 0.1) is 0 Å². The summed E-state index contributed by atoms with van der Waals surface area (Å²) in [5.74, 6) is 0. The summed E-state index contributed by atoms with van der Waals surface area (Å²) in [7, 11) is 0. The fraction of sp³-hybridized carbons (Fsp3) is 0.167. The summed E-state index contributed by atoms with van der Waals surface area (Å²) in [6, 6.07) is 8.26. The Hall–Kier alpha value is -1.41. The molecule has 15 heavy (non-hydrogen) atoms. The lowest BCUT2D eigenvalue weighted by Gasteiger charge is -2.04. The van der Waals surface area contributed by atoms with Gasteiger partial charge >= 0.3 is 0 Å². The van der Waals surface area contributed by atoms with E-state index in [4.69, 9.17) is 11.6 Å². The molecule has 0 bridgehead atoms. The molecule has 3 heteroatoms. The first kappa shape index (κ1) is 10.1. The summed E-state index contributed by atoms with van der Waals surface area (Å²) < 4.78 is 0. The van der Waals surface area contributed by atoms with Gasteiger partial charge in [-0.2, -0.15) is 0 Å². The van der Waals surface area contributed by atoms with E-state index in [1.165, 1.54) is 11.9 Å². The molecule has 2 aromatic rings.